The first kappa shape index (κ1) is 18.3. The van der Waals surface area contributed by atoms with Crippen LogP contribution in [0.4, 0.5) is 23.0 Å². The number of hydrogen-bond donors (Lipinski definition) is 4. The lowest BCUT2D eigenvalue weighted by atomic mass is 10.2. The molecule has 0 saturated carbocycles. The Morgan fingerprint density at radius 2 is 1.89 bits per heavy atom. The highest BCUT2D eigenvalue weighted by Gasteiger charge is 2.12. The van der Waals surface area contributed by atoms with Crippen molar-refractivity contribution in [2.75, 3.05) is 23.6 Å². The minimum atomic E-state index is -0.416. The zero-order valence-electron chi connectivity index (χ0n) is 14.4. The number of amides is 1. The van der Waals surface area contributed by atoms with Gasteiger partial charge in [0.15, 0.2) is 11.6 Å². The fourth-order valence-corrected chi connectivity index (χ4v) is 2.48. The Morgan fingerprint density at radius 1 is 1.11 bits per heavy atom. The Balaban J connectivity index is 1.73. The van der Waals surface area contributed by atoms with E-state index in [4.69, 9.17) is 22.1 Å². The summed E-state index contributed by atoms with van der Waals surface area (Å²) in [6.45, 7) is 0. The molecule has 1 aromatic heterocycles. The summed E-state index contributed by atoms with van der Waals surface area (Å²) < 4.78 is 5.19. The molecule has 0 aliphatic rings. The number of ether oxygens (including phenoxy) is 1. The fraction of sp³-hybridized carbons (Fsp3) is 0.0556. The van der Waals surface area contributed by atoms with Crippen LogP contribution in [0.15, 0.2) is 54.9 Å². The summed E-state index contributed by atoms with van der Waals surface area (Å²) in [6.07, 6.45) is 1.32. The van der Waals surface area contributed by atoms with Crippen molar-refractivity contribution in [3.8, 4) is 5.75 Å². The molecule has 0 radical (unpaired) electrons. The van der Waals surface area contributed by atoms with E-state index < -0.39 is 5.91 Å². The van der Waals surface area contributed by atoms with E-state index in [0.717, 1.165) is 5.69 Å². The van der Waals surface area contributed by atoms with Gasteiger partial charge in [-0.1, -0.05) is 29.8 Å². The first-order valence-corrected chi connectivity index (χ1v) is 8.28. The van der Waals surface area contributed by atoms with Gasteiger partial charge in [0.25, 0.3) is 5.91 Å². The molecule has 138 valence electrons. The van der Waals surface area contributed by atoms with Crippen molar-refractivity contribution in [3.05, 3.63) is 65.4 Å². The molecule has 3 rings (SSSR count). The molecule has 5 N–H and O–H groups in total. The van der Waals surface area contributed by atoms with Gasteiger partial charge in [0.2, 0.25) is 0 Å². The van der Waals surface area contributed by atoms with Crippen molar-refractivity contribution in [3.63, 3.8) is 0 Å². The molecule has 9 heteroatoms. The van der Waals surface area contributed by atoms with Crippen LogP contribution in [-0.4, -0.2) is 23.0 Å². The molecular formula is C18H17ClN6O2. The smallest absolute Gasteiger partial charge is 0.271 e. The first-order chi connectivity index (χ1) is 13.1. The zero-order chi connectivity index (χ0) is 19.2. The molecule has 0 unspecified atom stereocenters. The predicted octanol–water partition coefficient (Wildman–Crippen LogP) is 3.22. The quantitative estimate of drug-likeness (QED) is 0.482. The van der Waals surface area contributed by atoms with Crippen molar-refractivity contribution >= 4 is 40.5 Å². The number of carbonyl (C=O) groups excluding carboxylic acids is 1. The van der Waals surface area contributed by atoms with Crippen LogP contribution in [0, 0.1) is 0 Å². The Morgan fingerprint density at radius 3 is 2.67 bits per heavy atom. The van der Waals surface area contributed by atoms with Crippen LogP contribution >= 0.6 is 11.6 Å². The lowest BCUT2D eigenvalue weighted by Crippen LogP contribution is -2.30. The number of nitrogens with one attached hydrogen (secondary N) is 3. The van der Waals surface area contributed by atoms with E-state index in [2.05, 4.69) is 26.1 Å². The molecule has 0 saturated heterocycles. The fourth-order valence-electron chi connectivity index (χ4n) is 2.26. The maximum Gasteiger partial charge on any atom is 0.271 e. The van der Waals surface area contributed by atoms with Crippen molar-refractivity contribution < 1.29 is 9.53 Å². The highest BCUT2D eigenvalue weighted by molar-refractivity contribution is 6.33. The van der Waals surface area contributed by atoms with E-state index >= 15 is 0 Å². The minimum Gasteiger partial charge on any atom is -0.497 e. The van der Waals surface area contributed by atoms with Crippen LogP contribution in [-0.2, 0) is 0 Å². The third kappa shape index (κ3) is 4.36. The summed E-state index contributed by atoms with van der Waals surface area (Å²) in [5, 5.41) is 3.43. The van der Waals surface area contributed by atoms with Gasteiger partial charge in [-0.15, -0.1) is 0 Å². The molecule has 0 aliphatic carbocycles. The molecule has 8 nitrogen and oxygen atoms in total. The molecule has 3 aromatic rings. The maximum absolute atomic E-state index is 12.2. The van der Waals surface area contributed by atoms with Gasteiger partial charge in [-0.3, -0.25) is 15.6 Å². The summed E-state index contributed by atoms with van der Waals surface area (Å²) in [5.74, 6) is 0.905. The molecule has 1 heterocycles. The van der Waals surface area contributed by atoms with Crippen LogP contribution in [0.25, 0.3) is 0 Å². The number of anilines is 4. The van der Waals surface area contributed by atoms with Crippen molar-refractivity contribution in [2.45, 2.75) is 0 Å². The van der Waals surface area contributed by atoms with E-state index in [1.54, 1.807) is 37.4 Å². The zero-order valence-corrected chi connectivity index (χ0v) is 15.1. The number of benzene rings is 2. The number of hydrazine groups is 1. The maximum atomic E-state index is 12.2. The van der Waals surface area contributed by atoms with E-state index in [1.165, 1.54) is 6.33 Å². The van der Waals surface area contributed by atoms with Crippen LogP contribution in [0.1, 0.15) is 10.4 Å². The molecule has 2 aromatic carbocycles. The number of nitrogen functional groups attached to an aromatic ring is 1. The summed E-state index contributed by atoms with van der Waals surface area (Å²) in [7, 11) is 1.59. The van der Waals surface area contributed by atoms with Crippen LogP contribution in [0.3, 0.4) is 0 Å². The van der Waals surface area contributed by atoms with Gasteiger partial charge in [0.05, 0.1) is 17.7 Å². The van der Waals surface area contributed by atoms with Crippen LogP contribution < -0.4 is 26.6 Å². The monoisotopic (exact) mass is 384 g/mol. The molecule has 0 atom stereocenters. The average Bonchev–Trinajstić information content (AvgIpc) is 2.69. The second-order valence-corrected chi connectivity index (χ2v) is 5.81. The highest BCUT2D eigenvalue weighted by Crippen LogP contribution is 2.27. The number of rotatable bonds is 6. The lowest BCUT2D eigenvalue weighted by Gasteiger charge is -2.14. The first-order valence-electron chi connectivity index (χ1n) is 7.91. The predicted molar refractivity (Wildman–Crippen MR) is 105 cm³/mol. The summed E-state index contributed by atoms with van der Waals surface area (Å²) in [5.41, 5.74) is 12.6. The van der Waals surface area contributed by atoms with Crippen molar-refractivity contribution in [1.29, 1.82) is 0 Å². The van der Waals surface area contributed by atoms with Gasteiger partial charge < -0.3 is 15.8 Å². The van der Waals surface area contributed by atoms with Gasteiger partial charge >= 0.3 is 0 Å². The normalized spacial score (nSPS) is 10.1. The summed E-state index contributed by atoms with van der Waals surface area (Å²) in [6, 6.07) is 14.0. The Hall–Kier alpha value is -3.52. The topological polar surface area (TPSA) is 114 Å². The Kier molecular flexibility index (Phi) is 5.58. The molecule has 0 fully saturated rings. The van der Waals surface area contributed by atoms with Gasteiger partial charge in [-0.2, -0.15) is 0 Å². The molecule has 1 amide bonds. The second-order valence-electron chi connectivity index (χ2n) is 5.40. The molecule has 0 aliphatic heterocycles. The minimum absolute atomic E-state index is 0.236. The van der Waals surface area contributed by atoms with Crippen molar-refractivity contribution in [2.24, 2.45) is 0 Å². The second kappa shape index (κ2) is 8.24. The van der Waals surface area contributed by atoms with Crippen LogP contribution in [0.2, 0.25) is 5.02 Å². The number of nitrogens with zero attached hydrogens (tertiary/aromatic N) is 2. The summed E-state index contributed by atoms with van der Waals surface area (Å²) in [4.78, 5) is 20.4. The number of hydrogen-bond acceptors (Lipinski definition) is 7. The third-order valence-corrected chi connectivity index (χ3v) is 3.96. The van der Waals surface area contributed by atoms with E-state index in [9.17, 15) is 4.79 Å². The number of aromatic nitrogens is 2. The van der Waals surface area contributed by atoms with Gasteiger partial charge in [0.1, 0.15) is 17.8 Å². The number of methoxy groups -OCH3 is 1. The SMILES string of the molecule is COc1cccc(Nc2ncnc(NNC(=O)c3ccccc3Cl)c2N)c1. The molecule has 0 spiro atoms. The molecule has 0 bridgehead atoms. The number of nitrogens with two attached hydrogens (primary N) is 1. The largest absolute Gasteiger partial charge is 0.497 e. The highest BCUT2D eigenvalue weighted by atomic mass is 35.5. The third-order valence-electron chi connectivity index (χ3n) is 3.63. The van der Waals surface area contributed by atoms with Crippen LogP contribution in [0.5, 0.6) is 5.75 Å². The summed E-state index contributed by atoms with van der Waals surface area (Å²) >= 11 is 6.01. The van der Waals surface area contributed by atoms with E-state index in [-0.39, 0.29) is 11.5 Å². The van der Waals surface area contributed by atoms with E-state index in [0.29, 0.717) is 22.2 Å². The molecule has 27 heavy (non-hydrogen) atoms. The molecular weight excluding hydrogens is 368 g/mol. The Bertz CT molecular complexity index is 966. The average molecular weight is 385 g/mol. The van der Waals surface area contributed by atoms with Gasteiger partial charge in [-0.05, 0) is 24.3 Å². The number of halogens is 1. The number of carbonyl (C=O) groups is 1. The van der Waals surface area contributed by atoms with Gasteiger partial charge in [0, 0.05) is 11.8 Å². The van der Waals surface area contributed by atoms with Gasteiger partial charge in [-0.25, -0.2) is 9.97 Å². The standard InChI is InChI=1S/C18H17ClN6O2/c1-27-12-6-4-5-11(9-12)23-16-15(20)17(22-10-21-16)24-25-18(26)13-7-2-3-8-14(13)19/h2-10H,20H2,1H3,(H,25,26)(H2,21,22,23,24). The van der Waals surface area contributed by atoms with Crippen molar-refractivity contribution in [1.82, 2.24) is 15.4 Å². The lowest BCUT2D eigenvalue weighted by molar-refractivity contribution is 0.0962. The van der Waals surface area contributed by atoms with E-state index in [1.807, 2.05) is 18.2 Å². The Labute approximate surface area is 160 Å².